The molecule has 0 spiro atoms. The number of carbonyl (C=O) groups excluding carboxylic acids is 2. The highest BCUT2D eigenvalue weighted by Gasteiger charge is 2.36. The smallest absolute Gasteiger partial charge is 0.295 e. The van der Waals surface area contributed by atoms with Gasteiger partial charge in [-0.05, 0) is 18.1 Å². The van der Waals surface area contributed by atoms with Crippen LogP contribution in [0.2, 0.25) is 0 Å². The quantitative estimate of drug-likeness (QED) is 0.373. The van der Waals surface area contributed by atoms with Crippen molar-refractivity contribution in [1.82, 2.24) is 0 Å². The van der Waals surface area contributed by atoms with Crippen molar-refractivity contribution >= 4 is 40.8 Å². The molecular formula is C12H11N3O4S. The van der Waals surface area contributed by atoms with Crippen molar-refractivity contribution in [2.75, 3.05) is 9.44 Å². The third-order valence-electron chi connectivity index (χ3n) is 3.52. The van der Waals surface area contributed by atoms with E-state index in [2.05, 4.69) is 9.44 Å². The van der Waals surface area contributed by atoms with Crippen LogP contribution in [0.15, 0.2) is 12.1 Å². The van der Waals surface area contributed by atoms with Gasteiger partial charge in [-0.2, -0.15) is 0 Å². The molecule has 1 aliphatic carbocycles. The van der Waals surface area contributed by atoms with E-state index in [1.54, 1.807) is 0 Å². The number of nitrogens with one attached hydrogen (secondary N) is 2. The minimum absolute atomic E-state index is 0.0723. The minimum Gasteiger partial charge on any atom is -0.310 e. The number of ketones is 2. The zero-order valence-corrected chi connectivity index (χ0v) is 11.2. The van der Waals surface area contributed by atoms with Crippen molar-refractivity contribution in [2.24, 2.45) is 0 Å². The fourth-order valence-electron chi connectivity index (χ4n) is 2.59. The van der Waals surface area contributed by atoms with Gasteiger partial charge in [0.15, 0.2) is 0 Å². The van der Waals surface area contributed by atoms with Gasteiger partial charge in [-0.3, -0.25) is 19.7 Å². The summed E-state index contributed by atoms with van der Waals surface area (Å²) in [6.07, 6.45) is 1.34. The number of hydrogen-bond donors (Lipinski definition) is 2. The number of nitrogens with zero attached hydrogens (tertiary/aromatic N) is 1. The van der Waals surface area contributed by atoms with Crippen LogP contribution >= 0.6 is 12.1 Å². The Morgan fingerprint density at radius 1 is 1.15 bits per heavy atom. The topological polar surface area (TPSA) is 101 Å². The first-order valence-electron chi connectivity index (χ1n) is 6.14. The van der Waals surface area contributed by atoms with Crippen LogP contribution in [0.5, 0.6) is 0 Å². The van der Waals surface area contributed by atoms with Crippen molar-refractivity contribution in [3.8, 4) is 0 Å². The lowest BCUT2D eigenvalue weighted by Crippen LogP contribution is -2.26. The fourth-order valence-corrected chi connectivity index (χ4v) is 3.28. The number of anilines is 2. The Balaban J connectivity index is 2.11. The molecule has 1 saturated carbocycles. The first kappa shape index (κ1) is 12.9. The van der Waals surface area contributed by atoms with Crippen LogP contribution in [0.1, 0.15) is 30.7 Å². The van der Waals surface area contributed by atoms with E-state index in [-0.39, 0.29) is 17.3 Å². The first-order chi connectivity index (χ1) is 9.59. The Hall–Kier alpha value is -2.09. The van der Waals surface area contributed by atoms with Gasteiger partial charge >= 0.3 is 0 Å². The normalized spacial score (nSPS) is 18.4. The van der Waals surface area contributed by atoms with Gasteiger partial charge < -0.3 is 9.44 Å². The summed E-state index contributed by atoms with van der Waals surface area (Å²) in [5, 5.41) is 11.0. The highest BCUT2D eigenvalue weighted by molar-refractivity contribution is 8.02. The fraction of sp³-hybridized carbons (Fsp3) is 0.333. The molecule has 1 aliphatic heterocycles. The van der Waals surface area contributed by atoms with Crippen molar-refractivity contribution in [3.63, 3.8) is 0 Å². The molecule has 0 unspecified atom stereocenters. The Kier molecular flexibility index (Phi) is 3.09. The number of Topliss-reactive ketones (excluding diaryl/α,β-unsaturated/α-hetero) is 2. The van der Waals surface area contributed by atoms with Gasteiger partial charge in [0.25, 0.3) is 5.69 Å². The van der Waals surface area contributed by atoms with Crippen LogP contribution in [-0.4, -0.2) is 16.5 Å². The zero-order chi connectivity index (χ0) is 14.3. The van der Waals surface area contributed by atoms with E-state index in [9.17, 15) is 19.7 Å². The van der Waals surface area contributed by atoms with Crippen LogP contribution in [0.25, 0.3) is 0 Å². The molecule has 0 saturated heterocycles. The second-order valence-corrected chi connectivity index (χ2v) is 5.32. The van der Waals surface area contributed by atoms with E-state index < -0.39 is 10.8 Å². The lowest BCUT2D eigenvalue weighted by atomic mass is 9.81. The maximum absolute atomic E-state index is 12.0. The SMILES string of the molecule is O=C1CCCC(=O)C1c1ccc([N+](=O)[O-])c2c1NSN2. The van der Waals surface area contributed by atoms with Gasteiger partial charge in [-0.1, -0.05) is 0 Å². The molecule has 0 amide bonds. The van der Waals surface area contributed by atoms with Crippen LogP contribution in [0, 0.1) is 10.1 Å². The maximum atomic E-state index is 12.0. The number of rotatable bonds is 2. The number of nitro benzene ring substituents is 1. The molecule has 0 radical (unpaired) electrons. The van der Waals surface area contributed by atoms with Gasteiger partial charge in [0.2, 0.25) is 0 Å². The summed E-state index contributed by atoms with van der Waals surface area (Å²) in [5.41, 5.74) is 1.25. The molecule has 1 heterocycles. The van der Waals surface area contributed by atoms with Crippen LogP contribution in [0.4, 0.5) is 17.1 Å². The number of carbonyl (C=O) groups is 2. The summed E-state index contributed by atoms with van der Waals surface area (Å²) in [6, 6.07) is 2.84. The second-order valence-electron chi connectivity index (χ2n) is 4.71. The molecule has 8 heteroatoms. The lowest BCUT2D eigenvalue weighted by Gasteiger charge is -2.21. The molecule has 0 bridgehead atoms. The third kappa shape index (κ3) is 1.92. The Labute approximate surface area is 118 Å². The molecular weight excluding hydrogens is 282 g/mol. The second kappa shape index (κ2) is 4.78. The van der Waals surface area contributed by atoms with E-state index in [1.807, 2.05) is 0 Å². The van der Waals surface area contributed by atoms with Crippen LogP contribution in [-0.2, 0) is 9.59 Å². The average Bonchev–Trinajstić information content (AvgIpc) is 2.87. The maximum Gasteiger partial charge on any atom is 0.295 e. The highest BCUT2D eigenvalue weighted by Crippen LogP contribution is 2.46. The molecule has 3 rings (SSSR count). The summed E-state index contributed by atoms with van der Waals surface area (Å²) in [4.78, 5) is 34.5. The Morgan fingerprint density at radius 3 is 2.45 bits per heavy atom. The van der Waals surface area contributed by atoms with E-state index in [4.69, 9.17) is 0 Å². The van der Waals surface area contributed by atoms with Crippen molar-refractivity contribution in [3.05, 3.63) is 27.8 Å². The molecule has 1 fully saturated rings. The van der Waals surface area contributed by atoms with Crippen molar-refractivity contribution < 1.29 is 14.5 Å². The third-order valence-corrected chi connectivity index (χ3v) is 4.13. The van der Waals surface area contributed by atoms with Crippen LogP contribution < -0.4 is 9.44 Å². The summed E-state index contributed by atoms with van der Waals surface area (Å²) in [7, 11) is 0. The Bertz CT molecular complexity index is 615. The van der Waals surface area contributed by atoms with Gasteiger partial charge in [-0.15, -0.1) is 0 Å². The minimum atomic E-state index is -0.800. The highest BCUT2D eigenvalue weighted by atomic mass is 32.2. The molecule has 104 valence electrons. The number of benzene rings is 1. The summed E-state index contributed by atoms with van der Waals surface area (Å²) in [5.74, 6) is -1.03. The summed E-state index contributed by atoms with van der Waals surface area (Å²) >= 11 is 1.09. The van der Waals surface area contributed by atoms with Gasteiger partial charge in [-0.25, -0.2) is 0 Å². The largest absolute Gasteiger partial charge is 0.310 e. The molecule has 20 heavy (non-hydrogen) atoms. The van der Waals surface area contributed by atoms with Crippen molar-refractivity contribution in [1.29, 1.82) is 0 Å². The average molecular weight is 293 g/mol. The van der Waals surface area contributed by atoms with Crippen LogP contribution in [0.3, 0.4) is 0 Å². The van der Waals surface area contributed by atoms with E-state index in [0.29, 0.717) is 36.2 Å². The van der Waals surface area contributed by atoms with Gasteiger partial charge in [0.1, 0.15) is 23.2 Å². The molecule has 7 nitrogen and oxygen atoms in total. The predicted molar refractivity (Wildman–Crippen MR) is 74.5 cm³/mol. The number of hydrogen-bond acceptors (Lipinski definition) is 7. The van der Waals surface area contributed by atoms with Crippen molar-refractivity contribution in [2.45, 2.75) is 25.2 Å². The predicted octanol–water partition coefficient (Wildman–Crippen LogP) is 2.40. The lowest BCUT2D eigenvalue weighted by molar-refractivity contribution is -0.383. The van der Waals surface area contributed by atoms with Gasteiger partial charge in [0.05, 0.1) is 22.7 Å². The van der Waals surface area contributed by atoms with E-state index >= 15 is 0 Å². The van der Waals surface area contributed by atoms with E-state index in [0.717, 1.165) is 12.1 Å². The molecule has 0 atom stereocenters. The zero-order valence-electron chi connectivity index (χ0n) is 10.3. The number of fused-ring (bicyclic) bond motifs is 1. The van der Waals surface area contributed by atoms with Gasteiger partial charge in [0, 0.05) is 18.9 Å². The first-order valence-corrected chi connectivity index (χ1v) is 6.96. The molecule has 1 aromatic rings. The monoisotopic (exact) mass is 293 g/mol. The Morgan fingerprint density at radius 2 is 1.80 bits per heavy atom. The molecule has 0 aromatic heterocycles. The molecule has 1 aromatic carbocycles. The standard InChI is InChI=1S/C12H11N3O4S/c16-8-2-1-3-9(17)10(8)6-4-5-7(15(18)19)12-11(6)13-20-14-12/h4-5,10,13-14H,1-3H2. The van der Waals surface area contributed by atoms with E-state index in [1.165, 1.54) is 12.1 Å². The molecule has 2 aliphatic rings. The molecule has 2 N–H and O–H groups in total. The summed E-state index contributed by atoms with van der Waals surface area (Å²) < 4.78 is 5.70. The number of nitro groups is 1. The summed E-state index contributed by atoms with van der Waals surface area (Å²) in [6.45, 7) is 0.